The summed E-state index contributed by atoms with van der Waals surface area (Å²) in [6.07, 6.45) is 3.13. The lowest BCUT2D eigenvalue weighted by molar-refractivity contribution is 0.679. The molecule has 0 amide bonds. The second-order valence-corrected chi connectivity index (χ2v) is 6.63. The molecule has 0 spiro atoms. The summed E-state index contributed by atoms with van der Waals surface area (Å²) in [5.41, 5.74) is 1.75. The predicted molar refractivity (Wildman–Crippen MR) is 81.1 cm³/mol. The smallest absolute Gasteiger partial charge is 0.229 e. The zero-order valence-electron chi connectivity index (χ0n) is 11.6. The molecule has 6 nitrogen and oxygen atoms in total. The molecule has 20 heavy (non-hydrogen) atoms. The average Bonchev–Trinajstić information content (AvgIpc) is 2.40. The minimum absolute atomic E-state index is 0.482. The van der Waals surface area contributed by atoms with Gasteiger partial charge in [0.25, 0.3) is 0 Å². The number of hydrogen-bond donors (Lipinski definition) is 3. The van der Waals surface area contributed by atoms with Crippen LogP contribution in [0.5, 0.6) is 0 Å². The lowest BCUT2D eigenvalue weighted by Gasteiger charge is -2.09. The van der Waals surface area contributed by atoms with Crippen molar-refractivity contribution in [2.75, 3.05) is 23.9 Å². The van der Waals surface area contributed by atoms with Gasteiger partial charge in [-0.05, 0) is 31.2 Å². The van der Waals surface area contributed by atoms with Crippen LogP contribution in [0, 0.1) is 11.7 Å². The van der Waals surface area contributed by atoms with Crippen LogP contribution in [0.1, 0.15) is 5.56 Å². The Morgan fingerprint density at radius 2 is 1.90 bits per heavy atom. The van der Waals surface area contributed by atoms with Crippen LogP contribution in [-0.4, -0.2) is 27.5 Å². The van der Waals surface area contributed by atoms with Gasteiger partial charge < -0.3 is 10.6 Å². The largest absolute Gasteiger partial charge is 0.373 e. The quantitative estimate of drug-likeness (QED) is 0.805. The maximum absolute atomic E-state index is 11.6. The van der Waals surface area contributed by atoms with Crippen LogP contribution in [0.4, 0.5) is 17.5 Å². The summed E-state index contributed by atoms with van der Waals surface area (Å²) in [5, 5.41) is 6.06. The maximum Gasteiger partial charge on any atom is 0.229 e. The van der Waals surface area contributed by atoms with Crippen molar-refractivity contribution in [3.63, 3.8) is 0 Å². The average molecular weight is 291 g/mol. The van der Waals surface area contributed by atoms with Crippen LogP contribution in [0.2, 0.25) is 0 Å². The highest BCUT2D eigenvalue weighted by Crippen LogP contribution is 2.18. The first-order valence-electron chi connectivity index (χ1n) is 6.02. The minimum Gasteiger partial charge on any atom is -0.373 e. The molecule has 0 saturated heterocycles. The first-order valence-corrected chi connectivity index (χ1v) is 7.99. The highest BCUT2D eigenvalue weighted by Gasteiger charge is 2.05. The number of aryl methyl sites for hydroxylation is 1. The Kier molecular flexibility index (Phi) is 3.89. The van der Waals surface area contributed by atoms with Crippen molar-refractivity contribution in [3.05, 3.63) is 36.0 Å². The summed E-state index contributed by atoms with van der Waals surface area (Å²) in [7, 11) is -0.872. The van der Waals surface area contributed by atoms with Crippen molar-refractivity contribution in [2.24, 2.45) is 0 Å². The number of anilines is 3. The van der Waals surface area contributed by atoms with E-state index < -0.39 is 9.73 Å². The van der Waals surface area contributed by atoms with Crippen LogP contribution in [-0.2, 0) is 9.73 Å². The molecule has 106 valence electrons. The van der Waals surface area contributed by atoms with Crippen LogP contribution < -0.4 is 10.6 Å². The fraction of sp³-hybridized carbons (Fsp3) is 0.231. The highest BCUT2D eigenvalue weighted by atomic mass is 32.2. The van der Waals surface area contributed by atoms with Gasteiger partial charge in [-0.25, -0.2) is 14.0 Å². The first-order chi connectivity index (χ1) is 9.40. The van der Waals surface area contributed by atoms with Crippen LogP contribution in [0.3, 0.4) is 0 Å². The summed E-state index contributed by atoms with van der Waals surface area (Å²) in [6.45, 7) is 1.93. The Bertz CT molecular complexity index is 710. The van der Waals surface area contributed by atoms with Crippen LogP contribution >= 0.6 is 0 Å². The molecule has 2 aromatic rings. The van der Waals surface area contributed by atoms with E-state index in [1.165, 1.54) is 6.26 Å². The van der Waals surface area contributed by atoms with Crippen LogP contribution in [0.25, 0.3) is 0 Å². The molecule has 0 aliphatic rings. The molecule has 2 rings (SSSR count). The normalized spacial score (nSPS) is 13.6. The van der Waals surface area contributed by atoms with E-state index in [1.807, 2.05) is 6.92 Å². The molecule has 1 aromatic heterocycles. The first kappa shape index (κ1) is 14.3. The van der Waals surface area contributed by atoms with E-state index >= 15 is 0 Å². The number of rotatable bonds is 4. The second kappa shape index (κ2) is 5.46. The van der Waals surface area contributed by atoms with Gasteiger partial charge in [-0.2, -0.15) is 4.98 Å². The van der Waals surface area contributed by atoms with Crippen molar-refractivity contribution in [2.45, 2.75) is 11.8 Å². The Labute approximate surface area is 118 Å². The molecule has 0 fully saturated rings. The molecule has 1 unspecified atom stereocenters. The molecule has 1 atom stereocenters. The van der Waals surface area contributed by atoms with Crippen molar-refractivity contribution in [1.29, 1.82) is 4.78 Å². The molecule has 7 heteroatoms. The fourth-order valence-electron chi connectivity index (χ4n) is 1.68. The van der Waals surface area contributed by atoms with Crippen molar-refractivity contribution < 1.29 is 4.21 Å². The number of benzene rings is 1. The summed E-state index contributed by atoms with van der Waals surface area (Å²) in [6, 6.07) is 6.86. The van der Waals surface area contributed by atoms with Gasteiger partial charge in [0.15, 0.2) is 0 Å². The zero-order valence-corrected chi connectivity index (χ0v) is 12.4. The topological polar surface area (TPSA) is 90.8 Å². The van der Waals surface area contributed by atoms with E-state index in [9.17, 15) is 4.21 Å². The fourth-order valence-corrected chi connectivity index (χ4v) is 2.34. The third kappa shape index (κ3) is 3.24. The van der Waals surface area contributed by atoms with Crippen molar-refractivity contribution in [1.82, 2.24) is 9.97 Å². The summed E-state index contributed by atoms with van der Waals surface area (Å²) in [5.74, 6) is 1.25. The van der Waals surface area contributed by atoms with Gasteiger partial charge in [0.2, 0.25) is 5.95 Å². The van der Waals surface area contributed by atoms with Gasteiger partial charge in [0, 0.05) is 35.6 Å². The van der Waals surface area contributed by atoms with E-state index in [1.54, 1.807) is 37.5 Å². The highest BCUT2D eigenvalue weighted by molar-refractivity contribution is 7.91. The van der Waals surface area contributed by atoms with E-state index in [0.29, 0.717) is 10.8 Å². The molecule has 0 aliphatic heterocycles. The Morgan fingerprint density at radius 3 is 2.45 bits per heavy atom. The van der Waals surface area contributed by atoms with E-state index in [0.717, 1.165) is 17.1 Å². The minimum atomic E-state index is -2.68. The number of hydrogen-bond acceptors (Lipinski definition) is 6. The van der Waals surface area contributed by atoms with Gasteiger partial charge >= 0.3 is 0 Å². The Morgan fingerprint density at radius 1 is 1.25 bits per heavy atom. The molecule has 0 bridgehead atoms. The molecule has 3 N–H and O–H groups in total. The van der Waals surface area contributed by atoms with E-state index in [-0.39, 0.29) is 0 Å². The molecule has 0 aliphatic carbocycles. The molecular weight excluding hydrogens is 274 g/mol. The molecule has 0 radical (unpaired) electrons. The summed E-state index contributed by atoms with van der Waals surface area (Å²) < 4.78 is 19.1. The van der Waals surface area contributed by atoms with Crippen molar-refractivity contribution in [3.8, 4) is 0 Å². The second-order valence-electron chi connectivity index (χ2n) is 4.47. The van der Waals surface area contributed by atoms with Crippen LogP contribution in [0.15, 0.2) is 35.4 Å². The molecule has 0 saturated carbocycles. The number of nitrogens with one attached hydrogen (secondary N) is 3. The standard InChI is InChI=1S/C13H17N5OS/c1-9-8-16-13(18-12(9)15-2)17-10-4-6-11(7-5-10)20(3,14)19/h4-8,14H,1-3H3,(H2,15,16,17,18). The third-order valence-corrected chi connectivity index (χ3v) is 3.94. The van der Waals surface area contributed by atoms with E-state index in [2.05, 4.69) is 20.6 Å². The van der Waals surface area contributed by atoms with Gasteiger partial charge in [-0.15, -0.1) is 0 Å². The molecule has 1 aromatic carbocycles. The van der Waals surface area contributed by atoms with E-state index in [4.69, 9.17) is 4.78 Å². The van der Waals surface area contributed by atoms with Gasteiger partial charge in [-0.3, -0.25) is 0 Å². The maximum atomic E-state index is 11.6. The SMILES string of the molecule is CNc1nc(Nc2ccc(S(C)(=N)=O)cc2)ncc1C. The third-order valence-electron chi connectivity index (χ3n) is 2.77. The lowest BCUT2D eigenvalue weighted by Crippen LogP contribution is -2.02. The summed E-state index contributed by atoms with van der Waals surface area (Å²) >= 11 is 0. The van der Waals surface area contributed by atoms with Crippen molar-refractivity contribution >= 4 is 27.2 Å². The molecule has 1 heterocycles. The predicted octanol–water partition coefficient (Wildman–Crippen LogP) is 2.61. The lowest BCUT2D eigenvalue weighted by atomic mass is 10.3. The van der Waals surface area contributed by atoms with Gasteiger partial charge in [-0.1, -0.05) is 0 Å². The Balaban J connectivity index is 2.22. The Hall–Kier alpha value is -2.15. The number of nitrogens with zero attached hydrogens (tertiary/aromatic N) is 2. The van der Waals surface area contributed by atoms with Gasteiger partial charge in [0.1, 0.15) is 5.82 Å². The summed E-state index contributed by atoms with van der Waals surface area (Å²) in [4.78, 5) is 9.03. The number of aromatic nitrogens is 2. The zero-order chi connectivity index (χ0) is 14.8. The monoisotopic (exact) mass is 291 g/mol. The molecular formula is C13H17N5OS. The van der Waals surface area contributed by atoms with Gasteiger partial charge in [0.05, 0.1) is 9.73 Å².